The van der Waals surface area contributed by atoms with Crippen LogP contribution in [0.5, 0.6) is 0 Å². The fourth-order valence-corrected chi connectivity index (χ4v) is 1.54. The lowest BCUT2D eigenvalue weighted by atomic mass is 10.3. The molecule has 1 aromatic heterocycles. The number of rotatable bonds is 4. The summed E-state index contributed by atoms with van der Waals surface area (Å²) in [4.78, 5) is 4.07. The Morgan fingerprint density at radius 1 is 1.22 bits per heavy atom. The van der Waals surface area contributed by atoms with Crippen LogP contribution in [0.1, 0.15) is 12.6 Å². The summed E-state index contributed by atoms with van der Waals surface area (Å²) in [7, 11) is 0. The zero-order valence-corrected chi connectivity index (χ0v) is 9.75. The molecule has 0 saturated heterocycles. The zero-order chi connectivity index (χ0) is 13.1. The van der Waals surface area contributed by atoms with Crippen LogP contribution in [0.15, 0.2) is 24.7 Å². The van der Waals surface area contributed by atoms with Crippen LogP contribution in [-0.2, 0) is 6.54 Å². The molecule has 18 heavy (non-hydrogen) atoms. The van der Waals surface area contributed by atoms with E-state index in [9.17, 15) is 13.2 Å². The molecule has 1 heterocycles. The van der Waals surface area contributed by atoms with E-state index >= 15 is 0 Å². The highest BCUT2D eigenvalue weighted by Gasteiger charge is 2.11. The van der Waals surface area contributed by atoms with Crippen LogP contribution in [0.4, 0.5) is 13.2 Å². The van der Waals surface area contributed by atoms with Crippen molar-refractivity contribution >= 4 is 0 Å². The van der Waals surface area contributed by atoms with Crippen LogP contribution in [0, 0.1) is 17.5 Å². The highest BCUT2D eigenvalue weighted by atomic mass is 19.2. The smallest absolute Gasteiger partial charge is 0.194 e. The number of hydrogen-bond donors (Lipinski definition) is 1. The van der Waals surface area contributed by atoms with Gasteiger partial charge in [-0.2, -0.15) is 0 Å². The number of hydrogen-bond acceptors (Lipinski definition) is 2. The molecule has 0 amide bonds. The Bertz CT molecular complexity index is 528. The van der Waals surface area contributed by atoms with Gasteiger partial charge in [0, 0.05) is 24.9 Å². The fraction of sp³-hybridized carbons (Fsp3) is 0.250. The van der Waals surface area contributed by atoms with Crippen LogP contribution in [-0.4, -0.2) is 16.1 Å². The van der Waals surface area contributed by atoms with E-state index in [2.05, 4.69) is 10.3 Å². The van der Waals surface area contributed by atoms with Gasteiger partial charge in [-0.05, 0) is 6.54 Å². The summed E-state index contributed by atoms with van der Waals surface area (Å²) in [6.45, 7) is 3.32. The SMILES string of the molecule is CCNCc1cn(-c2cc(F)c(F)c(F)c2)cn1. The first-order chi connectivity index (χ1) is 8.61. The largest absolute Gasteiger partial charge is 0.311 e. The van der Waals surface area contributed by atoms with E-state index in [1.807, 2.05) is 6.92 Å². The highest BCUT2D eigenvalue weighted by molar-refractivity contribution is 5.34. The summed E-state index contributed by atoms with van der Waals surface area (Å²) in [5.41, 5.74) is 0.934. The molecule has 3 nitrogen and oxygen atoms in total. The molecule has 6 heteroatoms. The van der Waals surface area contributed by atoms with Crippen LogP contribution < -0.4 is 5.32 Å². The topological polar surface area (TPSA) is 29.9 Å². The van der Waals surface area contributed by atoms with Gasteiger partial charge in [0.25, 0.3) is 0 Å². The van der Waals surface area contributed by atoms with Crippen molar-refractivity contribution < 1.29 is 13.2 Å². The maximum Gasteiger partial charge on any atom is 0.194 e. The number of halogens is 3. The van der Waals surface area contributed by atoms with Gasteiger partial charge in [0.05, 0.1) is 17.7 Å². The summed E-state index contributed by atoms with van der Waals surface area (Å²) in [6, 6.07) is 1.86. The van der Waals surface area contributed by atoms with E-state index in [0.29, 0.717) is 6.54 Å². The molecule has 1 aromatic carbocycles. The third kappa shape index (κ3) is 2.53. The van der Waals surface area contributed by atoms with Gasteiger partial charge in [0.2, 0.25) is 0 Å². The Kier molecular flexibility index (Phi) is 3.66. The lowest BCUT2D eigenvalue weighted by molar-refractivity contribution is 0.446. The standard InChI is InChI=1S/C12H12F3N3/c1-2-16-5-8-6-18(7-17-8)9-3-10(13)12(15)11(14)4-9/h3-4,6-7,16H,2,5H2,1H3. The molecule has 0 atom stereocenters. The molecule has 0 aliphatic heterocycles. The van der Waals surface area contributed by atoms with Gasteiger partial charge >= 0.3 is 0 Å². The second-order valence-electron chi connectivity index (χ2n) is 3.78. The molecule has 0 fully saturated rings. The van der Waals surface area contributed by atoms with Gasteiger partial charge in [0.15, 0.2) is 17.5 Å². The molecule has 2 aromatic rings. The number of benzene rings is 1. The Hall–Kier alpha value is -1.82. The monoisotopic (exact) mass is 255 g/mol. The van der Waals surface area contributed by atoms with Gasteiger partial charge in [0.1, 0.15) is 0 Å². The van der Waals surface area contributed by atoms with Crippen LogP contribution in [0.3, 0.4) is 0 Å². The molecule has 2 rings (SSSR count). The van der Waals surface area contributed by atoms with E-state index < -0.39 is 17.5 Å². The first-order valence-electron chi connectivity index (χ1n) is 5.50. The summed E-state index contributed by atoms with van der Waals surface area (Å²) < 4.78 is 40.4. The fourth-order valence-electron chi connectivity index (χ4n) is 1.54. The number of nitrogens with zero attached hydrogens (tertiary/aromatic N) is 2. The Labute approximate surface area is 102 Å². The van der Waals surface area contributed by atoms with Crippen molar-refractivity contribution in [3.05, 3.63) is 47.8 Å². The molecule has 0 aliphatic rings. The molecule has 0 spiro atoms. The highest BCUT2D eigenvalue weighted by Crippen LogP contribution is 2.17. The van der Waals surface area contributed by atoms with Gasteiger partial charge in [-0.3, -0.25) is 0 Å². The van der Waals surface area contributed by atoms with E-state index in [1.165, 1.54) is 10.9 Å². The first-order valence-corrected chi connectivity index (χ1v) is 5.50. The molecule has 0 aliphatic carbocycles. The summed E-state index contributed by atoms with van der Waals surface area (Å²) in [5.74, 6) is -3.90. The van der Waals surface area contributed by atoms with E-state index in [1.54, 1.807) is 6.20 Å². The van der Waals surface area contributed by atoms with Gasteiger partial charge in [-0.15, -0.1) is 0 Å². The van der Waals surface area contributed by atoms with Crippen LogP contribution >= 0.6 is 0 Å². The van der Waals surface area contributed by atoms with Crippen molar-refractivity contribution in [2.24, 2.45) is 0 Å². The minimum absolute atomic E-state index is 0.196. The van der Waals surface area contributed by atoms with Gasteiger partial charge in [-0.25, -0.2) is 18.2 Å². The van der Waals surface area contributed by atoms with Crippen molar-refractivity contribution in [3.8, 4) is 5.69 Å². The summed E-state index contributed by atoms with van der Waals surface area (Å²) in [5, 5.41) is 3.08. The van der Waals surface area contributed by atoms with Crippen molar-refractivity contribution in [3.63, 3.8) is 0 Å². The number of nitrogens with one attached hydrogen (secondary N) is 1. The van der Waals surface area contributed by atoms with E-state index in [4.69, 9.17) is 0 Å². The van der Waals surface area contributed by atoms with Crippen LogP contribution in [0.25, 0.3) is 5.69 Å². The normalized spacial score (nSPS) is 10.9. The van der Waals surface area contributed by atoms with Crippen molar-refractivity contribution in [1.29, 1.82) is 0 Å². The lowest BCUT2D eigenvalue weighted by Crippen LogP contribution is -2.11. The summed E-state index contributed by atoms with van der Waals surface area (Å²) >= 11 is 0. The minimum atomic E-state index is -1.47. The molecule has 0 bridgehead atoms. The molecular formula is C12H12F3N3. The summed E-state index contributed by atoms with van der Waals surface area (Å²) in [6.07, 6.45) is 3.06. The Balaban J connectivity index is 2.28. The second kappa shape index (κ2) is 5.22. The van der Waals surface area contributed by atoms with E-state index in [-0.39, 0.29) is 5.69 Å². The molecular weight excluding hydrogens is 243 g/mol. The van der Waals surface area contributed by atoms with Gasteiger partial charge < -0.3 is 9.88 Å². The quantitative estimate of drug-likeness (QED) is 0.850. The predicted molar refractivity (Wildman–Crippen MR) is 60.8 cm³/mol. The average Bonchev–Trinajstić information content (AvgIpc) is 2.81. The molecule has 0 saturated carbocycles. The average molecular weight is 255 g/mol. The number of imidazole rings is 1. The Morgan fingerprint density at radius 3 is 2.50 bits per heavy atom. The molecule has 96 valence electrons. The van der Waals surface area contributed by atoms with Crippen molar-refractivity contribution in [2.75, 3.05) is 6.54 Å². The predicted octanol–water partition coefficient (Wildman–Crippen LogP) is 2.40. The second-order valence-corrected chi connectivity index (χ2v) is 3.78. The maximum atomic E-state index is 13.1. The zero-order valence-electron chi connectivity index (χ0n) is 9.75. The third-order valence-corrected chi connectivity index (χ3v) is 2.46. The molecule has 0 unspecified atom stereocenters. The Morgan fingerprint density at radius 2 is 1.89 bits per heavy atom. The molecule has 0 radical (unpaired) electrons. The number of aromatic nitrogens is 2. The van der Waals surface area contributed by atoms with E-state index in [0.717, 1.165) is 24.4 Å². The third-order valence-electron chi connectivity index (χ3n) is 2.46. The maximum absolute atomic E-state index is 13.1. The van der Waals surface area contributed by atoms with Crippen LogP contribution in [0.2, 0.25) is 0 Å². The molecule has 1 N–H and O–H groups in total. The lowest BCUT2D eigenvalue weighted by Gasteiger charge is -2.03. The first kappa shape index (κ1) is 12.6. The minimum Gasteiger partial charge on any atom is -0.311 e. The van der Waals surface area contributed by atoms with Gasteiger partial charge in [-0.1, -0.05) is 6.92 Å². The van der Waals surface area contributed by atoms with Crippen molar-refractivity contribution in [1.82, 2.24) is 14.9 Å². The van der Waals surface area contributed by atoms with Crippen molar-refractivity contribution in [2.45, 2.75) is 13.5 Å².